The Bertz CT molecular complexity index is 1100. The summed E-state index contributed by atoms with van der Waals surface area (Å²) in [5.74, 6) is 0.767. The van der Waals surface area contributed by atoms with Crippen LogP contribution in [0.1, 0.15) is 5.56 Å². The predicted octanol–water partition coefficient (Wildman–Crippen LogP) is 3.20. The molecule has 7 heteroatoms. The number of methoxy groups -OCH3 is 1. The van der Waals surface area contributed by atoms with E-state index in [0.29, 0.717) is 15.7 Å². The van der Waals surface area contributed by atoms with E-state index in [0.717, 1.165) is 22.4 Å². The van der Waals surface area contributed by atoms with Gasteiger partial charge in [0, 0.05) is 11.1 Å². The lowest BCUT2D eigenvalue weighted by Gasteiger charge is -2.00. The van der Waals surface area contributed by atoms with Gasteiger partial charge >= 0.3 is 5.56 Å². The number of hydrogen-bond donors (Lipinski definition) is 0. The van der Waals surface area contributed by atoms with Crippen molar-refractivity contribution in [3.05, 3.63) is 64.4 Å². The van der Waals surface area contributed by atoms with Crippen LogP contribution in [0, 0.1) is 6.92 Å². The van der Waals surface area contributed by atoms with Gasteiger partial charge in [-0.15, -0.1) is 10.2 Å². The van der Waals surface area contributed by atoms with Crippen molar-refractivity contribution in [2.45, 2.75) is 6.92 Å². The molecule has 0 unspecified atom stereocenters. The minimum atomic E-state index is -0.273. The van der Waals surface area contributed by atoms with Crippen LogP contribution in [-0.4, -0.2) is 26.9 Å². The van der Waals surface area contributed by atoms with E-state index in [1.165, 1.54) is 15.9 Å². The van der Waals surface area contributed by atoms with E-state index in [2.05, 4.69) is 15.3 Å². The van der Waals surface area contributed by atoms with Crippen molar-refractivity contribution >= 4 is 16.3 Å². The third kappa shape index (κ3) is 2.78. The van der Waals surface area contributed by atoms with Crippen LogP contribution in [0.25, 0.3) is 26.8 Å². The van der Waals surface area contributed by atoms with E-state index in [1.807, 2.05) is 55.5 Å². The van der Waals surface area contributed by atoms with Crippen molar-refractivity contribution in [3.63, 3.8) is 0 Å². The second-order valence-corrected chi connectivity index (χ2v) is 6.51. The molecule has 0 atom stereocenters. The fourth-order valence-corrected chi connectivity index (χ4v) is 3.30. The van der Waals surface area contributed by atoms with E-state index in [4.69, 9.17) is 4.74 Å². The average Bonchev–Trinajstić information content (AvgIpc) is 3.08. The highest BCUT2D eigenvalue weighted by atomic mass is 32.1. The Morgan fingerprint density at radius 3 is 2.32 bits per heavy atom. The van der Waals surface area contributed by atoms with Crippen LogP contribution in [-0.2, 0) is 0 Å². The van der Waals surface area contributed by atoms with E-state index in [9.17, 15) is 4.79 Å². The first-order valence-electron chi connectivity index (χ1n) is 7.64. The van der Waals surface area contributed by atoms with Crippen LogP contribution in [0.4, 0.5) is 0 Å². The zero-order valence-corrected chi connectivity index (χ0v) is 14.4. The summed E-state index contributed by atoms with van der Waals surface area (Å²) in [6, 6.07) is 15.1. The molecule has 25 heavy (non-hydrogen) atoms. The van der Waals surface area contributed by atoms with Crippen molar-refractivity contribution in [1.29, 1.82) is 0 Å². The molecule has 2 heterocycles. The van der Waals surface area contributed by atoms with Crippen LogP contribution >= 0.6 is 11.3 Å². The van der Waals surface area contributed by atoms with Gasteiger partial charge < -0.3 is 4.74 Å². The summed E-state index contributed by atoms with van der Waals surface area (Å²) in [5, 5.41) is 13.4. The zero-order chi connectivity index (χ0) is 17.4. The Morgan fingerprint density at radius 2 is 1.64 bits per heavy atom. The lowest BCUT2D eigenvalue weighted by Crippen LogP contribution is -2.19. The predicted molar refractivity (Wildman–Crippen MR) is 97.1 cm³/mol. The third-order valence-electron chi connectivity index (χ3n) is 3.85. The molecule has 0 amide bonds. The molecule has 0 N–H and O–H groups in total. The van der Waals surface area contributed by atoms with Crippen LogP contribution in [0.5, 0.6) is 5.75 Å². The highest BCUT2D eigenvalue weighted by Gasteiger charge is 2.14. The van der Waals surface area contributed by atoms with Crippen molar-refractivity contribution in [2.24, 2.45) is 0 Å². The topological polar surface area (TPSA) is 69.4 Å². The average molecular weight is 350 g/mol. The smallest absolute Gasteiger partial charge is 0.302 e. The second-order valence-electron chi connectivity index (χ2n) is 5.55. The molecule has 0 radical (unpaired) electrons. The highest BCUT2D eigenvalue weighted by molar-refractivity contribution is 7.19. The van der Waals surface area contributed by atoms with E-state index in [-0.39, 0.29) is 5.56 Å². The van der Waals surface area contributed by atoms with Crippen LogP contribution < -0.4 is 10.3 Å². The van der Waals surface area contributed by atoms with Gasteiger partial charge in [-0.2, -0.15) is 9.61 Å². The summed E-state index contributed by atoms with van der Waals surface area (Å²) in [5.41, 5.74) is 2.77. The van der Waals surface area contributed by atoms with Crippen molar-refractivity contribution in [3.8, 4) is 27.6 Å². The lowest BCUT2D eigenvalue weighted by molar-refractivity contribution is 0.415. The molecule has 2 aromatic heterocycles. The second kappa shape index (κ2) is 6.10. The van der Waals surface area contributed by atoms with E-state index >= 15 is 0 Å². The van der Waals surface area contributed by atoms with Crippen LogP contribution in [0.2, 0.25) is 0 Å². The van der Waals surface area contributed by atoms with E-state index < -0.39 is 0 Å². The standard InChI is InChI=1S/C18H14N4O2S/c1-11-3-5-12(6-4-11)15-17(23)22-18(20-19-15)25-16(21-22)13-7-9-14(24-2)10-8-13/h3-10H,1-2H3. The molecule has 0 fully saturated rings. The largest absolute Gasteiger partial charge is 0.497 e. The molecule has 124 valence electrons. The molecule has 6 nitrogen and oxygen atoms in total. The maximum absolute atomic E-state index is 12.7. The molecule has 4 rings (SSSR count). The third-order valence-corrected chi connectivity index (χ3v) is 4.80. The summed E-state index contributed by atoms with van der Waals surface area (Å²) in [6.07, 6.45) is 0. The monoisotopic (exact) mass is 350 g/mol. The van der Waals surface area contributed by atoms with Gasteiger partial charge in [0.1, 0.15) is 10.8 Å². The molecule has 0 saturated heterocycles. The van der Waals surface area contributed by atoms with Gasteiger partial charge in [-0.1, -0.05) is 41.2 Å². The fraction of sp³-hybridized carbons (Fsp3) is 0.111. The van der Waals surface area contributed by atoms with Gasteiger partial charge in [-0.25, -0.2) is 0 Å². The summed E-state index contributed by atoms with van der Waals surface area (Å²) >= 11 is 1.32. The Morgan fingerprint density at radius 1 is 0.960 bits per heavy atom. The first kappa shape index (κ1) is 15.5. The minimum absolute atomic E-state index is 0.273. The number of aryl methyl sites for hydroxylation is 1. The number of aromatic nitrogens is 4. The number of ether oxygens (including phenoxy) is 1. The van der Waals surface area contributed by atoms with Gasteiger partial charge in [-0.3, -0.25) is 4.79 Å². The van der Waals surface area contributed by atoms with Gasteiger partial charge in [0.25, 0.3) is 0 Å². The molecule has 0 bridgehead atoms. The Kier molecular flexibility index (Phi) is 3.77. The lowest BCUT2D eigenvalue weighted by atomic mass is 10.1. The molecule has 0 spiro atoms. The van der Waals surface area contributed by atoms with E-state index in [1.54, 1.807) is 7.11 Å². The quantitative estimate of drug-likeness (QED) is 0.567. The highest BCUT2D eigenvalue weighted by Crippen LogP contribution is 2.26. The fourth-order valence-electron chi connectivity index (χ4n) is 2.46. The number of hydrogen-bond acceptors (Lipinski definition) is 6. The number of benzene rings is 2. The number of nitrogens with zero attached hydrogens (tertiary/aromatic N) is 4. The molecule has 0 saturated carbocycles. The molecule has 4 aromatic rings. The molecular formula is C18H14N4O2S. The SMILES string of the molecule is COc1ccc(-c2nn3c(=O)c(-c4ccc(C)cc4)nnc3s2)cc1. The molecule has 0 aliphatic heterocycles. The maximum Gasteiger partial charge on any atom is 0.302 e. The first-order valence-corrected chi connectivity index (χ1v) is 8.45. The summed E-state index contributed by atoms with van der Waals surface area (Å²) < 4.78 is 6.47. The van der Waals surface area contributed by atoms with Gasteiger partial charge in [0.05, 0.1) is 7.11 Å². The molecule has 2 aromatic carbocycles. The Balaban J connectivity index is 1.82. The van der Waals surface area contributed by atoms with Crippen molar-refractivity contribution in [1.82, 2.24) is 19.8 Å². The summed E-state index contributed by atoms with van der Waals surface area (Å²) in [7, 11) is 1.62. The summed E-state index contributed by atoms with van der Waals surface area (Å²) in [4.78, 5) is 13.2. The molecule has 0 aliphatic carbocycles. The van der Waals surface area contributed by atoms with Gasteiger partial charge in [0.2, 0.25) is 4.96 Å². The van der Waals surface area contributed by atoms with Crippen molar-refractivity contribution < 1.29 is 4.74 Å². The van der Waals surface area contributed by atoms with Gasteiger partial charge in [0.15, 0.2) is 5.69 Å². The Labute approximate surface area is 147 Å². The number of rotatable bonds is 3. The minimum Gasteiger partial charge on any atom is -0.497 e. The Hall–Kier alpha value is -3.06. The first-order chi connectivity index (χ1) is 12.2. The van der Waals surface area contributed by atoms with Crippen molar-refractivity contribution in [2.75, 3.05) is 7.11 Å². The van der Waals surface area contributed by atoms with Crippen LogP contribution in [0.15, 0.2) is 53.3 Å². The summed E-state index contributed by atoms with van der Waals surface area (Å²) in [6.45, 7) is 1.99. The molecule has 0 aliphatic rings. The number of fused-ring (bicyclic) bond motifs is 1. The molecular weight excluding hydrogens is 336 g/mol. The zero-order valence-electron chi connectivity index (χ0n) is 13.6. The van der Waals surface area contributed by atoms with Gasteiger partial charge in [-0.05, 0) is 31.2 Å². The maximum atomic E-state index is 12.7. The normalized spacial score (nSPS) is 11.0. The van der Waals surface area contributed by atoms with Crippen LogP contribution in [0.3, 0.4) is 0 Å².